The maximum Gasteiger partial charge on any atom is 0.339 e. The van der Waals surface area contributed by atoms with Crippen LogP contribution in [0, 0.1) is 0 Å². The number of hydrogen-bond acceptors (Lipinski definition) is 3. The average molecular weight is 317 g/mol. The zero-order valence-corrected chi connectivity index (χ0v) is 13.0. The Morgan fingerprint density at radius 2 is 1.86 bits per heavy atom. The summed E-state index contributed by atoms with van der Waals surface area (Å²) in [5.41, 5.74) is 3.33. The molecule has 0 unspecified atom stereocenters. The van der Waals surface area contributed by atoms with Crippen LogP contribution in [-0.4, -0.2) is 18.8 Å². The van der Waals surface area contributed by atoms with Crippen molar-refractivity contribution in [2.24, 2.45) is 0 Å². The zero-order valence-electron chi connectivity index (χ0n) is 11.4. The molecule has 106 valence electrons. The van der Waals surface area contributed by atoms with Gasteiger partial charge in [0.25, 0.3) is 0 Å². The molecule has 0 saturated carbocycles. The van der Waals surface area contributed by atoms with Crippen molar-refractivity contribution in [1.29, 1.82) is 0 Å². The minimum Gasteiger partial charge on any atom is -0.457 e. The molecule has 0 aliphatic carbocycles. The number of halogens is 1. The van der Waals surface area contributed by atoms with Gasteiger partial charge in [-0.15, -0.1) is 11.8 Å². The van der Waals surface area contributed by atoms with Gasteiger partial charge in [0.15, 0.2) is 0 Å². The van der Waals surface area contributed by atoms with Gasteiger partial charge in [-0.25, -0.2) is 4.79 Å². The molecule has 2 nitrogen and oxygen atoms in total. The predicted molar refractivity (Wildman–Crippen MR) is 87.4 cm³/mol. The van der Waals surface area contributed by atoms with Gasteiger partial charge in [-0.05, 0) is 41.6 Å². The van der Waals surface area contributed by atoms with Gasteiger partial charge >= 0.3 is 5.97 Å². The van der Waals surface area contributed by atoms with Crippen LogP contribution in [0.2, 0.25) is 5.02 Å². The molecule has 0 aromatic heterocycles. The lowest BCUT2D eigenvalue weighted by atomic mass is 9.97. The van der Waals surface area contributed by atoms with Crippen LogP contribution in [0.1, 0.15) is 11.1 Å². The summed E-state index contributed by atoms with van der Waals surface area (Å²) in [5.74, 6) is -0.276. The standard InChI is InChI=1S/C17H13ClO2S/c1-21-14-7-5-11(6-8-14)16-15(10-20-17(16)19)12-3-2-4-13(18)9-12/h2-9H,10H2,1H3. The molecule has 1 heterocycles. The van der Waals surface area contributed by atoms with Gasteiger partial charge in [-0.3, -0.25) is 0 Å². The summed E-state index contributed by atoms with van der Waals surface area (Å²) in [5, 5.41) is 0.649. The highest BCUT2D eigenvalue weighted by atomic mass is 35.5. The van der Waals surface area contributed by atoms with Crippen LogP contribution in [0.3, 0.4) is 0 Å². The predicted octanol–water partition coefficient (Wildman–Crippen LogP) is 4.53. The second-order valence-corrected chi connectivity index (χ2v) is 5.98. The van der Waals surface area contributed by atoms with Crippen LogP contribution in [-0.2, 0) is 9.53 Å². The first kappa shape index (κ1) is 14.2. The lowest BCUT2D eigenvalue weighted by Gasteiger charge is -2.06. The van der Waals surface area contributed by atoms with Gasteiger partial charge in [0, 0.05) is 15.5 Å². The molecule has 1 aliphatic rings. The first-order valence-corrected chi connectivity index (χ1v) is 8.10. The summed E-state index contributed by atoms with van der Waals surface area (Å²) in [4.78, 5) is 13.2. The number of carbonyl (C=O) groups is 1. The van der Waals surface area contributed by atoms with Gasteiger partial charge in [0.1, 0.15) is 6.61 Å². The molecule has 1 aliphatic heterocycles. The van der Waals surface area contributed by atoms with Crippen LogP contribution < -0.4 is 0 Å². The molecule has 0 fully saturated rings. The third-order valence-corrected chi connectivity index (χ3v) is 4.38. The highest BCUT2D eigenvalue weighted by molar-refractivity contribution is 7.98. The molecular formula is C17H13ClO2S. The molecule has 4 heteroatoms. The van der Waals surface area contributed by atoms with Crippen LogP contribution in [0.15, 0.2) is 53.4 Å². The van der Waals surface area contributed by atoms with E-state index >= 15 is 0 Å². The Hall–Kier alpha value is -1.71. The number of benzene rings is 2. The SMILES string of the molecule is CSc1ccc(C2=C(c3cccc(Cl)c3)COC2=O)cc1. The third kappa shape index (κ3) is 2.85. The first-order valence-electron chi connectivity index (χ1n) is 6.49. The lowest BCUT2D eigenvalue weighted by molar-refractivity contribution is -0.133. The molecule has 21 heavy (non-hydrogen) atoms. The van der Waals surface area contributed by atoms with Crippen molar-refractivity contribution in [2.75, 3.05) is 12.9 Å². The van der Waals surface area contributed by atoms with Gasteiger partial charge in [-0.2, -0.15) is 0 Å². The van der Waals surface area contributed by atoms with Crippen molar-refractivity contribution in [3.05, 3.63) is 64.7 Å². The molecule has 0 spiro atoms. The van der Waals surface area contributed by atoms with Crippen LogP contribution in [0.5, 0.6) is 0 Å². The first-order chi connectivity index (χ1) is 10.2. The van der Waals surface area contributed by atoms with E-state index in [4.69, 9.17) is 16.3 Å². The minimum atomic E-state index is -0.276. The highest BCUT2D eigenvalue weighted by Gasteiger charge is 2.27. The Bertz CT molecular complexity index is 720. The molecular weight excluding hydrogens is 304 g/mol. The fraction of sp³-hybridized carbons (Fsp3) is 0.118. The molecule has 0 N–H and O–H groups in total. The van der Waals surface area contributed by atoms with Gasteiger partial charge in [0.2, 0.25) is 0 Å². The van der Waals surface area contributed by atoms with E-state index in [1.165, 1.54) is 0 Å². The van der Waals surface area contributed by atoms with Gasteiger partial charge in [0.05, 0.1) is 5.57 Å². The second-order valence-electron chi connectivity index (χ2n) is 4.67. The molecule has 0 amide bonds. The second kappa shape index (κ2) is 5.96. The molecule has 0 saturated heterocycles. The lowest BCUT2D eigenvalue weighted by Crippen LogP contribution is -1.98. The molecule has 0 bridgehead atoms. The van der Waals surface area contributed by atoms with Crippen molar-refractivity contribution >= 4 is 40.5 Å². The van der Waals surface area contributed by atoms with Crippen LogP contribution in [0.4, 0.5) is 0 Å². The normalized spacial score (nSPS) is 14.5. The maximum atomic E-state index is 12.1. The van der Waals surface area contributed by atoms with E-state index in [1.807, 2.05) is 54.8 Å². The number of rotatable bonds is 3. The summed E-state index contributed by atoms with van der Waals surface area (Å²) in [6.07, 6.45) is 2.02. The quantitative estimate of drug-likeness (QED) is 0.614. The Kier molecular flexibility index (Phi) is 4.04. The van der Waals surface area contributed by atoms with E-state index in [0.717, 1.165) is 21.6 Å². The number of esters is 1. The van der Waals surface area contributed by atoms with Crippen molar-refractivity contribution < 1.29 is 9.53 Å². The van der Waals surface area contributed by atoms with Gasteiger partial charge < -0.3 is 4.74 Å². The Labute approximate surface area is 132 Å². The summed E-state index contributed by atoms with van der Waals surface area (Å²) < 4.78 is 5.22. The summed E-state index contributed by atoms with van der Waals surface area (Å²) in [6.45, 7) is 0.290. The fourth-order valence-corrected chi connectivity index (χ4v) is 2.96. The van der Waals surface area contributed by atoms with Gasteiger partial charge in [-0.1, -0.05) is 35.9 Å². The molecule has 2 aromatic rings. The summed E-state index contributed by atoms with van der Waals surface area (Å²) >= 11 is 7.71. The Morgan fingerprint density at radius 1 is 1.10 bits per heavy atom. The van der Waals surface area contributed by atoms with E-state index in [1.54, 1.807) is 11.8 Å². The van der Waals surface area contributed by atoms with Crippen molar-refractivity contribution in [2.45, 2.75) is 4.90 Å². The number of cyclic esters (lactones) is 1. The number of hydrogen-bond donors (Lipinski definition) is 0. The van der Waals surface area contributed by atoms with E-state index in [-0.39, 0.29) is 5.97 Å². The van der Waals surface area contributed by atoms with Crippen molar-refractivity contribution in [3.8, 4) is 0 Å². The van der Waals surface area contributed by atoms with E-state index in [9.17, 15) is 4.79 Å². The molecule has 0 radical (unpaired) electrons. The smallest absolute Gasteiger partial charge is 0.339 e. The average Bonchev–Trinajstić information content (AvgIpc) is 2.89. The zero-order chi connectivity index (χ0) is 14.8. The van der Waals surface area contributed by atoms with Crippen molar-refractivity contribution in [3.63, 3.8) is 0 Å². The molecule has 2 aromatic carbocycles. The molecule has 3 rings (SSSR count). The Balaban J connectivity index is 2.10. The van der Waals surface area contributed by atoms with E-state index < -0.39 is 0 Å². The van der Waals surface area contributed by atoms with Crippen molar-refractivity contribution in [1.82, 2.24) is 0 Å². The number of ether oxygens (including phenoxy) is 1. The summed E-state index contributed by atoms with van der Waals surface area (Å²) in [7, 11) is 0. The van der Waals surface area contributed by atoms with Crippen LogP contribution in [0.25, 0.3) is 11.1 Å². The molecule has 0 atom stereocenters. The monoisotopic (exact) mass is 316 g/mol. The van der Waals surface area contributed by atoms with E-state index in [2.05, 4.69) is 0 Å². The Morgan fingerprint density at radius 3 is 2.52 bits per heavy atom. The third-order valence-electron chi connectivity index (χ3n) is 3.41. The summed E-state index contributed by atoms with van der Waals surface area (Å²) in [6, 6.07) is 15.4. The maximum absolute atomic E-state index is 12.1. The number of carbonyl (C=O) groups excluding carboxylic acids is 1. The minimum absolute atomic E-state index is 0.276. The fourth-order valence-electron chi connectivity index (χ4n) is 2.36. The largest absolute Gasteiger partial charge is 0.457 e. The topological polar surface area (TPSA) is 26.3 Å². The van der Waals surface area contributed by atoms with E-state index in [0.29, 0.717) is 17.2 Å². The number of thioether (sulfide) groups is 1. The van der Waals surface area contributed by atoms with Crippen LogP contribution >= 0.6 is 23.4 Å². The highest BCUT2D eigenvalue weighted by Crippen LogP contribution is 2.34.